The van der Waals surface area contributed by atoms with E-state index in [1.54, 1.807) is 0 Å². The van der Waals surface area contributed by atoms with E-state index in [0.29, 0.717) is 0 Å². The summed E-state index contributed by atoms with van der Waals surface area (Å²) >= 11 is 0. The van der Waals surface area contributed by atoms with Crippen LogP contribution in [-0.2, 0) is 4.79 Å². The van der Waals surface area contributed by atoms with Crippen LogP contribution in [0.5, 0.6) is 0 Å². The lowest BCUT2D eigenvalue weighted by Gasteiger charge is -2.44. The Bertz CT molecular complexity index is 243. The van der Waals surface area contributed by atoms with Crippen molar-refractivity contribution in [3.63, 3.8) is 0 Å². The minimum Gasteiger partial charge on any atom is -0.350 e. The lowest BCUT2D eigenvalue weighted by atomic mass is 9.77. The summed E-state index contributed by atoms with van der Waals surface area (Å²) in [5, 5.41) is 6.26. The van der Waals surface area contributed by atoms with Crippen LogP contribution in [0.4, 0.5) is 0 Å². The van der Waals surface area contributed by atoms with Crippen LogP contribution < -0.4 is 10.6 Å². The second-order valence-corrected chi connectivity index (χ2v) is 5.35. The zero-order chi connectivity index (χ0) is 9.69. The second-order valence-electron chi connectivity index (χ2n) is 5.35. The molecule has 0 radical (unpaired) electrons. The minimum atomic E-state index is 0.0184. The monoisotopic (exact) mass is 182 g/mol. The minimum absolute atomic E-state index is 0.0184. The predicted molar refractivity (Wildman–Crippen MR) is 51.4 cm³/mol. The molecule has 2 aliphatic rings. The first-order valence-corrected chi connectivity index (χ1v) is 4.98. The van der Waals surface area contributed by atoms with Crippen LogP contribution in [0.3, 0.4) is 0 Å². The van der Waals surface area contributed by atoms with Crippen molar-refractivity contribution in [1.29, 1.82) is 0 Å². The number of carbonyl (C=O) groups excluding carboxylic acids is 1. The van der Waals surface area contributed by atoms with Gasteiger partial charge in [-0.25, -0.2) is 0 Å². The van der Waals surface area contributed by atoms with E-state index in [1.165, 1.54) is 0 Å². The highest BCUT2D eigenvalue weighted by molar-refractivity contribution is 5.84. The molecule has 1 saturated carbocycles. The maximum Gasteiger partial charge on any atom is 0.238 e. The number of amides is 1. The molecule has 1 aliphatic heterocycles. The molecule has 1 amide bonds. The topological polar surface area (TPSA) is 41.1 Å². The van der Waals surface area contributed by atoms with Crippen molar-refractivity contribution in [3.8, 4) is 0 Å². The third kappa shape index (κ3) is 1.57. The Hall–Kier alpha value is -0.570. The number of carbonyl (C=O) groups is 1. The number of nitrogens with one attached hydrogen (secondary N) is 2. The van der Waals surface area contributed by atoms with Gasteiger partial charge in [-0.05, 0) is 19.8 Å². The van der Waals surface area contributed by atoms with Crippen molar-refractivity contribution in [2.45, 2.75) is 45.2 Å². The normalized spacial score (nSPS) is 33.3. The molecule has 0 bridgehead atoms. The summed E-state index contributed by atoms with van der Waals surface area (Å²) in [4.78, 5) is 11.7. The van der Waals surface area contributed by atoms with Gasteiger partial charge in [-0.15, -0.1) is 0 Å². The fourth-order valence-corrected chi connectivity index (χ4v) is 1.74. The summed E-state index contributed by atoms with van der Waals surface area (Å²) < 4.78 is 0. The maximum absolute atomic E-state index is 11.7. The maximum atomic E-state index is 11.7. The highest BCUT2D eigenvalue weighted by Crippen LogP contribution is 2.36. The molecule has 1 saturated heterocycles. The molecule has 2 rings (SSSR count). The molecule has 13 heavy (non-hydrogen) atoms. The summed E-state index contributed by atoms with van der Waals surface area (Å²) in [5.41, 5.74) is 0.250. The van der Waals surface area contributed by atoms with E-state index in [4.69, 9.17) is 0 Å². The van der Waals surface area contributed by atoms with E-state index >= 15 is 0 Å². The van der Waals surface area contributed by atoms with Gasteiger partial charge in [0.15, 0.2) is 0 Å². The van der Waals surface area contributed by atoms with Gasteiger partial charge in [0.05, 0.1) is 6.04 Å². The van der Waals surface area contributed by atoms with Gasteiger partial charge in [-0.2, -0.15) is 0 Å². The molecule has 0 spiro atoms. The molecule has 1 unspecified atom stereocenters. The first kappa shape index (κ1) is 9.00. The Morgan fingerprint density at radius 1 is 1.38 bits per heavy atom. The Labute approximate surface area is 79.3 Å². The molecule has 1 atom stereocenters. The molecular weight excluding hydrogens is 164 g/mol. The summed E-state index contributed by atoms with van der Waals surface area (Å²) in [5.74, 6) is 0.177. The van der Waals surface area contributed by atoms with Gasteiger partial charge in [0.1, 0.15) is 0 Å². The summed E-state index contributed by atoms with van der Waals surface area (Å²) in [6, 6.07) is 0.0184. The fraction of sp³-hybridized carbons (Fsp3) is 0.900. The Morgan fingerprint density at radius 3 is 2.31 bits per heavy atom. The Morgan fingerprint density at radius 2 is 2.00 bits per heavy atom. The molecule has 1 aliphatic carbocycles. The lowest BCUT2D eigenvalue weighted by Crippen LogP contribution is -2.66. The molecule has 0 aromatic carbocycles. The second kappa shape index (κ2) is 2.47. The zero-order valence-corrected chi connectivity index (χ0v) is 8.61. The number of rotatable bonds is 2. The van der Waals surface area contributed by atoms with Gasteiger partial charge in [0.25, 0.3) is 0 Å². The molecule has 2 N–H and O–H groups in total. The average Bonchev–Trinajstić information content (AvgIpc) is 2.65. The largest absolute Gasteiger partial charge is 0.350 e. The highest BCUT2D eigenvalue weighted by atomic mass is 16.2. The third-order valence-electron chi connectivity index (χ3n) is 3.23. The number of hydrogen-bond acceptors (Lipinski definition) is 2. The van der Waals surface area contributed by atoms with Gasteiger partial charge in [-0.1, -0.05) is 13.8 Å². The van der Waals surface area contributed by atoms with Gasteiger partial charge >= 0.3 is 0 Å². The molecule has 3 nitrogen and oxygen atoms in total. The zero-order valence-electron chi connectivity index (χ0n) is 8.61. The first-order valence-electron chi connectivity index (χ1n) is 4.98. The van der Waals surface area contributed by atoms with Crippen LogP contribution in [0, 0.1) is 5.41 Å². The smallest absolute Gasteiger partial charge is 0.238 e. The van der Waals surface area contributed by atoms with Gasteiger partial charge < -0.3 is 10.6 Å². The van der Waals surface area contributed by atoms with Crippen LogP contribution >= 0.6 is 0 Å². The standard InChI is InChI=1S/C10H18N2O/c1-9(2)6-11-7(9)8(13)12-10(3)4-5-10/h7,11H,4-6H2,1-3H3,(H,12,13). The summed E-state index contributed by atoms with van der Waals surface area (Å²) in [6.45, 7) is 7.31. The first-order chi connectivity index (χ1) is 5.93. The molecule has 2 fully saturated rings. The Balaban J connectivity index is 1.91. The van der Waals surface area contributed by atoms with Gasteiger partial charge in [0, 0.05) is 17.5 Å². The molecule has 0 aromatic rings. The van der Waals surface area contributed by atoms with Crippen LogP contribution in [0.25, 0.3) is 0 Å². The average molecular weight is 182 g/mol. The predicted octanol–water partition coefficient (Wildman–Crippen LogP) is 0.653. The van der Waals surface area contributed by atoms with Crippen molar-refractivity contribution in [3.05, 3.63) is 0 Å². The quantitative estimate of drug-likeness (QED) is 0.658. The molecule has 3 heteroatoms. The van der Waals surface area contributed by atoms with E-state index in [9.17, 15) is 4.79 Å². The van der Waals surface area contributed by atoms with E-state index in [1.807, 2.05) is 0 Å². The van der Waals surface area contributed by atoms with Gasteiger partial charge in [0.2, 0.25) is 5.91 Å². The van der Waals surface area contributed by atoms with E-state index < -0.39 is 0 Å². The lowest BCUT2D eigenvalue weighted by molar-refractivity contribution is -0.130. The molecule has 74 valence electrons. The van der Waals surface area contributed by atoms with Crippen molar-refractivity contribution >= 4 is 5.91 Å². The van der Waals surface area contributed by atoms with E-state index in [0.717, 1.165) is 19.4 Å². The highest BCUT2D eigenvalue weighted by Gasteiger charge is 2.47. The summed E-state index contributed by atoms with van der Waals surface area (Å²) in [7, 11) is 0. The van der Waals surface area contributed by atoms with Crippen molar-refractivity contribution < 1.29 is 4.79 Å². The van der Waals surface area contributed by atoms with Crippen molar-refractivity contribution in [1.82, 2.24) is 10.6 Å². The van der Waals surface area contributed by atoms with E-state index in [2.05, 4.69) is 31.4 Å². The van der Waals surface area contributed by atoms with Gasteiger partial charge in [-0.3, -0.25) is 4.79 Å². The fourth-order valence-electron chi connectivity index (χ4n) is 1.74. The van der Waals surface area contributed by atoms with E-state index in [-0.39, 0.29) is 22.9 Å². The van der Waals surface area contributed by atoms with Crippen LogP contribution in [0.1, 0.15) is 33.6 Å². The van der Waals surface area contributed by atoms with Crippen molar-refractivity contribution in [2.24, 2.45) is 5.41 Å². The summed E-state index contributed by atoms with van der Waals surface area (Å²) in [6.07, 6.45) is 2.26. The third-order valence-corrected chi connectivity index (χ3v) is 3.23. The van der Waals surface area contributed by atoms with Crippen LogP contribution in [0.15, 0.2) is 0 Å². The SMILES string of the molecule is CC1(NC(=O)C2NCC2(C)C)CC1. The molecule has 1 heterocycles. The van der Waals surface area contributed by atoms with Crippen LogP contribution in [0.2, 0.25) is 0 Å². The number of hydrogen-bond donors (Lipinski definition) is 2. The molecular formula is C10H18N2O. The van der Waals surface area contributed by atoms with Crippen molar-refractivity contribution in [2.75, 3.05) is 6.54 Å². The molecule has 0 aromatic heterocycles. The van der Waals surface area contributed by atoms with Crippen LogP contribution in [-0.4, -0.2) is 24.0 Å². The Kier molecular flexibility index (Phi) is 1.71.